The average Bonchev–Trinajstić information content (AvgIpc) is 2.36. The van der Waals surface area contributed by atoms with Crippen LogP contribution in [0, 0.1) is 0 Å². The molecule has 0 radical (unpaired) electrons. The zero-order valence-electron chi connectivity index (χ0n) is 6.75. The second kappa shape index (κ2) is 3.94. The molecule has 0 aromatic rings. The van der Waals surface area contributed by atoms with Crippen LogP contribution in [-0.4, -0.2) is 19.3 Å². The molecule has 1 nitrogen and oxygen atoms in total. The van der Waals surface area contributed by atoms with E-state index in [2.05, 4.69) is 5.32 Å². The monoisotopic (exact) mass is 179 g/mol. The second-order valence-corrected chi connectivity index (χ2v) is 2.94. The number of nitrogens with one attached hydrogen (secondary N) is 1. The van der Waals surface area contributed by atoms with Crippen LogP contribution in [0.2, 0.25) is 0 Å². The summed E-state index contributed by atoms with van der Waals surface area (Å²) in [4.78, 5) is 0. The smallest absolute Gasteiger partial charge is 0.313 e. The molecule has 1 aliphatic rings. The van der Waals surface area contributed by atoms with Crippen LogP contribution in [0.25, 0.3) is 0 Å². The molecule has 0 unspecified atom stereocenters. The minimum atomic E-state index is -4.01. The molecule has 1 heterocycles. The molecule has 0 saturated carbocycles. The molecule has 0 aromatic carbocycles. The molecule has 0 bridgehead atoms. The van der Waals surface area contributed by atoms with Gasteiger partial charge in [0, 0.05) is 13.0 Å². The van der Waals surface area contributed by atoms with E-state index < -0.39 is 12.6 Å². The van der Waals surface area contributed by atoms with Gasteiger partial charge in [0.2, 0.25) is 0 Å². The first kappa shape index (κ1) is 9.58. The van der Waals surface area contributed by atoms with E-state index in [1.165, 1.54) is 0 Å². The maximum atomic E-state index is 11.7. The summed E-state index contributed by atoms with van der Waals surface area (Å²) >= 11 is 0. The highest BCUT2D eigenvalue weighted by Gasteiger charge is 2.25. The van der Waals surface area contributed by atoms with E-state index in [0.29, 0.717) is 0 Å². The number of allylic oxidation sites excluding steroid dienone is 1. The number of halogens is 3. The van der Waals surface area contributed by atoms with Crippen LogP contribution in [-0.2, 0) is 0 Å². The fraction of sp³-hybridized carbons (Fsp3) is 0.750. The van der Waals surface area contributed by atoms with Gasteiger partial charge < -0.3 is 5.32 Å². The number of hydrogen-bond donors (Lipinski definition) is 1. The minimum Gasteiger partial charge on any atom is -0.313 e. The fourth-order valence-corrected chi connectivity index (χ4v) is 1.20. The van der Waals surface area contributed by atoms with Gasteiger partial charge in [-0.1, -0.05) is 11.6 Å². The van der Waals surface area contributed by atoms with Gasteiger partial charge in [-0.2, -0.15) is 13.2 Å². The molecular formula is C8H12F3N. The van der Waals surface area contributed by atoms with Crippen molar-refractivity contribution in [1.29, 1.82) is 0 Å². The molecule has 1 saturated heterocycles. The lowest BCUT2D eigenvalue weighted by atomic mass is 10.2. The molecule has 70 valence electrons. The predicted molar refractivity (Wildman–Crippen MR) is 40.9 cm³/mol. The lowest BCUT2D eigenvalue weighted by Gasteiger charge is -2.02. The molecule has 0 aliphatic carbocycles. The molecule has 1 aliphatic heterocycles. The first-order valence-electron chi connectivity index (χ1n) is 4.03. The third kappa shape index (κ3) is 3.76. The van der Waals surface area contributed by atoms with Crippen molar-refractivity contribution in [1.82, 2.24) is 5.32 Å². The highest BCUT2D eigenvalue weighted by molar-refractivity contribution is 5.08. The van der Waals surface area contributed by atoms with Gasteiger partial charge in [0.25, 0.3) is 0 Å². The summed E-state index contributed by atoms with van der Waals surface area (Å²) < 4.78 is 35.1. The van der Waals surface area contributed by atoms with Crippen molar-refractivity contribution < 1.29 is 13.2 Å². The number of rotatable bonds is 2. The van der Waals surface area contributed by atoms with Crippen LogP contribution >= 0.6 is 0 Å². The number of alkyl halides is 3. The Hall–Kier alpha value is -0.510. The summed E-state index contributed by atoms with van der Waals surface area (Å²) in [7, 11) is 0. The Morgan fingerprint density at radius 3 is 2.67 bits per heavy atom. The molecule has 0 atom stereocenters. The van der Waals surface area contributed by atoms with Gasteiger partial charge >= 0.3 is 6.18 Å². The van der Waals surface area contributed by atoms with Crippen molar-refractivity contribution in [2.45, 2.75) is 25.4 Å². The highest BCUT2D eigenvalue weighted by Crippen LogP contribution is 2.22. The van der Waals surface area contributed by atoms with Gasteiger partial charge in [-0.15, -0.1) is 0 Å². The zero-order chi connectivity index (χ0) is 9.03. The van der Waals surface area contributed by atoms with Crippen molar-refractivity contribution >= 4 is 0 Å². The van der Waals surface area contributed by atoms with Crippen LogP contribution in [0.4, 0.5) is 13.2 Å². The Labute approximate surface area is 69.6 Å². The maximum absolute atomic E-state index is 11.7. The molecule has 1 fully saturated rings. The van der Waals surface area contributed by atoms with Crippen LogP contribution in [0.1, 0.15) is 19.3 Å². The van der Waals surface area contributed by atoms with Gasteiger partial charge in [-0.3, -0.25) is 0 Å². The van der Waals surface area contributed by atoms with Crippen LogP contribution < -0.4 is 5.32 Å². The standard InChI is InChI=1S/C8H12F3N/c9-8(10,11)4-1-2-7-3-5-12-6-7/h2,12H,1,3-6H2/b7-2-. The Morgan fingerprint density at radius 2 is 2.17 bits per heavy atom. The largest absolute Gasteiger partial charge is 0.389 e. The van der Waals surface area contributed by atoms with Gasteiger partial charge in [-0.25, -0.2) is 0 Å². The molecule has 12 heavy (non-hydrogen) atoms. The summed E-state index contributed by atoms with van der Waals surface area (Å²) in [5, 5.41) is 3.07. The van der Waals surface area contributed by atoms with E-state index in [1.807, 2.05) is 0 Å². The Bertz CT molecular complexity index is 164. The molecule has 1 N–H and O–H groups in total. The van der Waals surface area contributed by atoms with E-state index in [4.69, 9.17) is 0 Å². The van der Waals surface area contributed by atoms with Gasteiger partial charge in [0.1, 0.15) is 0 Å². The van der Waals surface area contributed by atoms with Crippen LogP contribution in [0.3, 0.4) is 0 Å². The maximum Gasteiger partial charge on any atom is 0.389 e. The lowest BCUT2D eigenvalue weighted by molar-refractivity contribution is -0.133. The van der Waals surface area contributed by atoms with Crippen LogP contribution in [0.5, 0.6) is 0 Å². The Morgan fingerprint density at radius 1 is 1.42 bits per heavy atom. The van der Waals surface area contributed by atoms with E-state index in [1.54, 1.807) is 6.08 Å². The van der Waals surface area contributed by atoms with E-state index in [9.17, 15) is 13.2 Å². The molecule has 4 heteroatoms. The van der Waals surface area contributed by atoms with Crippen molar-refractivity contribution in [3.05, 3.63) is 11.6 Å². The van der Waals surface area contributed by atoms with Crippen molar-refractivity contribution in [3.8, 4) is 0 Å². The van der Waals surface area contributed by atoms with Crippen molar-refractivity contribution in [3.63, 3.8) is 0 Å². The Balaban J connectivity index is 2.20. The van der Waals surface area contributed by atoms with E-state index in [-0.39, 0.29) is 6.42 Å². The summed E-state index contributed by atoms with van der Waals surface area (Å²) in [6.45, 7) is 1.66. The average molecular weight is 179 g/mol. The third-order valence-corrected chi connectivity index (χ3v) is 1.84. The first-order valence-corrected chi connectivity index (χ1v) is 4.03. The quantitative estimate of drug-likeness (QED) is 0.641. The molecule has 0 amide bonds. The summed E-state index contributed by atoms with van der Waals surface area (Å²) in [6.07, 6.45) is -1.98. The first-order chi connectivity index (χ1) is 5.58. The Kier molecular flexibility index (Phi) is 3.14. The van der Waals surface area contributed by atoms with Crippen molar-refractivity contribution in [2.75, 3.05) is 13.1 Å². The molecule has 0 aromatic heterocycles. The normalized spacial score (nSPS) is 22.1. The van der Waals surface area contributed by atoms with Gasteiger partial charge in [-0.05, 0) is 19.4 Å². The number of hydrogen-bond acceptors (Lipinski definition) is 1. The van der Waals surface area contributed by atoms with E-state index >= 15 is 0 Å². The topological polar surface area (TPSA) is 12.0 Å². The third-order valence-electron chi connectivity index (χ3n) is 1.84. The molecule has 1 rings (SSSR count). The summed E-state index contributed by atoms with van der Waals surface area (Å²) in [6, 6.07) is 0. The minimum absolute atomic E-state index is 0.126. The summed E-state index contributed by atoms with van der Waals surface area (Å²) in [5.41, 5.74) is 1.11. The SMILES string of the molecule is FC(F)(F)CC/C=C1/CCNC1. The second-order valence-electron chi connectivity index (χ2n) is 2.94. The van der Waals surface area contributed by atoms with Gasteiger partial charge in [0.15, 0.2) is 0 Å². The molecule has 0 spiro atoms. The molecular weight excluding hydrogens is 167 g/mol. The van der Waals surface area contributed by atoms with Crippen LogP contribution in [0.15, 0.2) is 11.6 Å². The lowest BCUT2D eigenvalue weighted by Crippen LogP contribution is -2.06. The fourth-order valence-electron chi connectivity index (χ4n) is 1.20. The predicted octanol–water partition coefficient (Wildman–Crippen LogP) is 2.25. The van der Waals surface area contributed by atoms with Crippen molar-refractivity contribution in [2.24, 2.45) is 0 Å². The van der Waals surface area contributed by atoms with E-state index in [0.717, 1.165) is 25.1 Å². The zero-order valence-corrected chi connectivity index (χ0v) is 6.75. The van der Waals surface area contributed by atoms with Gasteiger partial charge in [0.05, 0.1) is 0 Å². The summed E-state index contributed by atoms with van der Waals surface area (Å²) in [5.74, 6) is 0. The highest BCUT2D eigenvalue weighted by atomic mass is 19.4.